The molecule has 2 fully saturated rings. The highest BCUT2D eigenvalue weighted by Gasteiger charge is 2.40. The van der Waals surface area contributed by atoms with E-state index in [1.54, 1.807) is 0 Å². The van der Waals surface area contributed by atoms with Crippen LogP contribution < -0.4 is 10.6 Å². The van der Waals surface area contributed by atoms with Crippen LogP contribution in [0.1, 0.15) is 44.1 Å². The first-order chi connectivity index (χ1) is 11.7. The normalized spacial score (nSPS) is 27.8. The third-order valence-corrected chi connectivity index (χ3v) is 6.35. The molecule has 0 unspecified atom stereocenters. The Morgan fingerprint density at radius 1 is 1.42 bits per heavy atom. The zero-order chi connectivity index (χ0) is 16.8. The summed E-state index contributed by atoms with van der Waals surface area (Å²) in [5, 5.41) is 6.16. The fourth-order valence-electron chi connectivity index (χ4n) is 3.60. The van der Waals surface area contributed by atoms with E-state index in [2.05, 4.69) is 41.8 Å². The summed E-state index contributed by atoms with van der Waals surface area (Å²) in [6.45, 7) is 3.66. The van der Waals surface area contributed by atoms with E-state index >= 15 is 0 Å². The Kier molecular flexibility index (Phi) is 6.06. The van der Waals surface area contributed by atoms with Crippen molar-refractivity contribution in [3.8, 4) is 0 Å². The second kappa shape index (κ2) is 8.26. The van der Waals surface area contributed by atoms with Crippen molar-refractivity contribution in [2.24, 2.45) is 0 Å². The first kappa shape index (κ1) is 17.6. The van der Waals surface area contributed by atoms with Crippen molar-refractivity contribution in [3.05, 3.63) is 35.9 Å². The van der Waals surface area contributed by atoms with Gasteiger partial charge in [0, 0.05) is 24.9 Å². The van der Waals surface area contributed by atoms with E-state index in [-0.39, 0.29) is 17.7 Å². The number of rotatable bonds is 5. The number of carbonyl (C=O) groups is 1. The summed E-state index contributed by atoms with van der Waals surface area (Å²) in [5.74, 6) is 2.70. The highest BCUT2D eigenvalue weighted by atomic mass is 32.2. The van der Waals surface area contributed by atoms with Crippen LogP contribution in [-0.4, -0.2) is 42.3 Å². The van der Waals surface area contributed by atoms with E-state index < -0.39 is 0 Å². The molecule has 0 bridgehead atoms. The van der Waals surface area contributed by atoms with Gasteiger partial charge >= 0.3 is 6.03 Å². The van der Waals surface area contributed by atoms with Crippen molar-refractivity contribution in [2.45, 2.75) is 50.2 Å². The first-order valence-electron chi connectivity index (χ1n) is 8.98. The van der Waals surface area contributed by atoms with Crippen LogP contribution in [0.25, 0.3) is 0 Å². The largest absolute Gasteiger partial charge is 0.374 e. The minimum absolute atomic E-state index is 0.0166. The predicted molar refractivity (Wildman–Crippen MR) is 99.7 cm³/mol. The van der Waals surface area contributed by atoms with Gasteiger partial charge in [0.1, 0.15) is 0 Å². The smallest absolute Gasteiger partial charge is 0.315 e. The molecule has 24 heavy (non-hydrogen) atoms. The lowest BCUT2D eigenvalue weighted by Gasteiger charge is -2.38. The molecule has 5 heteroatoms. The van der Waals surface area contributed by atoms with Gasteiger partial charge < -0.3 is 15.4 Å². The molecular weight excluding hydrogens is 320 g/mol. The number of benzene rings is 1. The van der Waals surface area contributed by atoms with Gasteiger partial charge in [-0.1, -0.05) is 37.3 Å². The zero-order valence-corrected chi connectivity index (χ0v) is 15.2. The number of amides is 2. The van der Waals surface area contributed by atoms with E-state index in [4.69, 9.17) is 4.74 Å². The summed E-state index contributed by atoms with van der Waals surface area (Å²) in [4.78, 5) is 12.2. The Labute approximate surface area is 149 Å². The van der Waals surface area contributed by atoms with Gasteiger partial charge in [0.2, 0.25) is 0 Å². The number of nitrogens with one attached hydrogen (secondary N) is 2. The monoisotopic (exact) mass is 348 g/mol. The summed E-state index contributed by atoms with van der Waals surface area (Å²) in [7, 11) is 0. The fraction of sp³-hybridized carbons (Fsp3) is 0.632. The number of ether oxygens (including phenoxy) is 1. The van der Waals surface area contributed by atoms with Crippen LogP contribution >= 0.6 is 11.8 Å². The summed E-state index contributed by atoms with van der Waals surface area (Å²) in [5.41, 5.74) is 1.34. The number of urea groups is 1. The number of carbonyl (C=O) groups excluding carboxylic acids is 1. The van der Waals surface area contributed by atoms with E-state index in [0.717, 1.165) is 38.0 Å². The quantitative estimate of drug-likeness (QED) is 0.856. The van der Waals surface area contributed by atoms with Gasteiger partial charge in [0.15, 0.2) is 0 Å². The second-order valence-electron chi connectivity index (χ2n) is 7.02. The maximum absolute atomic E-state index is 12.2. The van der Waals surface area contributed by atoms with E-state index in [9.17, 15) is 4.79 Å². The molecule has 2 aliphatic heterocycles. The van der Waals surface area contributed by atoms with Crippen LogP contribution in [0.15, 0.2) is 30.3 Å². The summed E-state index contributed by atoms with van der Waals surface area (Å²) >= 11 is 1.96. The van der Waals surface area contributed by atoms with Gasteiger partial charge in [-0.3, -0.25) is 0 Å². The van der Waals surface area contributed by atoms with Crippen LogP contribution in [0.2, 0.25) is 0 Å². The Balaban J connectivity index is 1.38. The van der Waals surface area contributed by atoms with Gasteiger partial charge in [-0.15, -0.1) is 0 Å². The molecule has 2 amide bonds. The fourth-order valence-corrected chi connectivity index (χ4v) is 4.98. The molecule has 2 aliphatic rings. The Hall–Kier alpha value is -1.20. The molecule has 0 aliphatic carbocycles. The van der Waals surface area contributed by atoms with Gasteiger partial charge in [-0.2, -0.15) is 11.8 Å². The van der Waals surface area contributed by atoms with E-state index in [1.165, 1.54) is 11.3 Å². The van der Waals surface area contributed by atoms with Crippen molar-refractivity contribution < 1.29 is 9.53 Å². The maximum atomic E-state index is 12.2. The van der Waals surface area contributed by atoms with Crippen molar-refractivity contribution >= 4 is 17.8 Å². The highest BCUT2D eigenvalue weighted by Crippen LogP contribution is 2.38. The minimum atomic E-state index is -0.0389. The van der Waals surface area contributed by atoms with Crippen molar-refractivity contribution in [2.75, 3.05) is 24.7 Å². The number of thioether (sulfide) groups is 1. The lowest BCUT2D eigenvalue weighted by Crippen LogP contribution is -2.51. The van der Waals surface area contributed by atoms with Crippen molar-refractivity contribution in [3.63, 3.8) is 0 Å². The van der Waals surface area contributed by atoms with Crippen molar-refractivity contribution in [1.29, 1.82) is 0 Å². The lowest BCUT2D eigenvalue weighted by molar-refractivity contribution is -0.0684. The molecule has 2 heterocycles. The Morgan fingerprint density at radius 3 is 3.00 bits per heavy atom. The van der Waals surface area contributed by atoms with Crippen LogP contribution in [-0.2, 0) is 4.74 Å². The van der Waals surface area contributed by atoms with E-state index in [1.807, 2.05) is 17.8 Å². The molecule has 2 N–H and O–H groups in total. The summed E-state index contributed by atoms with van der Waals surface area (Å²) in [6, 6.07) is 10.7. The lowest BCUT2D eigenvalue weighted by atomic mass is 9.90. The molecule has 0 radical (unpaired) electrons. The molecule has 0 aromatic heterocycles. The van der Waals surface area contributed by atoms with Gasteiger partial charge in [-0.25, -0.2) is 4.79 Å². The molecular formula is C19H28N2O2S. The van der Waals surface area contributed by atoms with Gasteiger partial charge in [0.25, 0.3) is 0 Å². The first-order valence-corrected chi connectivity index (χ1v) is 10.1. The summed E-state index contributed by atoms with van der Waals surface area (Å²) < 4.78 is 6.01. The molecule has 132 valence electrons. The standard InChI is InChI=1S/C19H28N2O2S/c1-15(16-5-3-2-4-6-16)7-10-20-18(22)21-17-8-11-23-19(13-17)9-12-24-14-19/h2-6,15,17H,7-14H2,1H3,(H2,20,21,22)/t15-,17+,19-/m1/s1. The molecule has 2 saturated heterocycles. The SMILES string of the molecule is C[C@H](CCNC(=O)N[C@H]1CCO[C@]2(CCSC2)C1)c1ccccc1. The molecule has 4 nitrogen and oxygen atoms in total. The van der Waals surface area contributed by atoms with Gasteiger partial charge in [-0.05, 0) is 42.9 Å². The Bertz CT molecular complexity index is 531. The Morgan fingerprint density at radius 2 is 2.25 bits per heavy atom. The second-order valence-corrected chi connectivity index (χ2v) is 8.13. The molecule has 1 aromatic carbocycles. The maximum Gasteiger partial charge on any atom is 0.315 e. The highest BCUT2D eigenvalue weighted by molar-refractivity contribution is 7.99. The van der Waals surface area contributed by atoms with E-state index in [0.29, 0.717) is 12.5 Å². The summed E-state index contributed by atoms with van der Waals surface area (Å²) in [6.07, 6.45) is 3.94. The van der Waals surface area contributed by atoms with Crippen LogP contribution in [0.5, 0.6) is 0 Å². The predicted octanol–water partition coefficient (Wildman–Crippen LogP) is 3.53. The molecule has 1 spiro atoms. The average molecular weight is 349 g/mol. The minimum Gasteiger partial charge on any atom is -0.374 e. The van der Waals surface area contributed by atoms with Gasteiger partial charge in [0.05, 0.1) is 5.60 Å². The van der Waals surface area contributed by atoms with Crippen molar-refractivity contribution in [1.82, 2.24) is 10.6 Å². The number of hydrogen-bond acceptors (Lipinski definition) is 3. The van der Waals surface area contributed by atoms with Crippen LogP contribution in [0, 0.1) is 0 Å². The van der Waals surface area contributed by atoms with Crippen LogP contribution in [0.3, 0.4) is 0 Å². The molecule has 0 saturated carbocycles. The van der Waals surface area contributed by atoms with Crippen LogP contribution in [0.4, 0.5) is 4.79 Å². The average Bonchev–Trinajstić information content (AvgIpc) is 3.03. The molecule has 3 rings (SSSR count). The number of hydrogen-bond donors (Lipinski definition) is 2. The molecule has 1 aromatic rings. The molecule has 3 atom stereocenters. The third kappa shape index (κ3) is 4.67. The topological polar surface area (TPSA) is 50.4 Å². The third-order valence-electron chi connectivity index (χ3n) is 5.13. The zero-order valence-electron chi connectivity index (χ0n) is 14.4.